The van der Waals surface area contributed by atoms with Crippen molar-refractivity contribution in [1.82, 2.24) is 0 Å². The van der Waals surface area contributed by atoms with Crippen LogP contribution in [0.5, 0.6) is 0 Å². The zero-order valence-corrected chi connectivity index (χ0v) is 5.80. The van der Waals surface area contributed by atoms with E-state index in [-0.39, 0.29) is 6.61 Å². The maximum absolute atomic E-state index is 8.98. The van der Waals surface area contributed by atoms with Crippen molar-refractivity contribution in [3.05, 3.63) is 0 Å². The van der Waals surface area contributed by atoms with E-state index in [2.05, 4.69) is 17.7 Å². The van der Waals surface area contributed by atoms with Gasteiger partial charge in [-0.25, -0.2) is 0 Å². The van der Waals surface area contributed by atoms with Crippen LogP contribution in [0.25, 0.3) is 0 Å². The summed E-state index contributed by atoms with van der Waals surface area (Å²) in [5.74, 6) is 0. The Morgan fingerprint density at radius 2 is 2.11 bits per heavy atom. The van der Waals surface area contributed by atoms with Gasteiger partial charge in [0, 0.05) is 0 Å². The molecule has 0 aromatic rings. The third-order valence-electron chi connectivity index (χ3n) is 2.04. The molecule has 0 amide bonds. The van der Waals surface area contributed by atoms with Crippen molar-refractivity contribution >= 4 is 17.7 Å². The monoisotopic (exact) mass is 122 g/mol. The van der Waals surface area contributed by atoms with Crippen LogP contribution in [0.2, 0.25) is 4.09 Å². The Hall–Kier alpha value is 0.517. The second-order valence-electron chi connectivity index (χ2n) is 3.35. The van der Waals surface area contributed by atoms with Crippen molar-refractivity contribution in [2.24, 2.45) is 0 Å². The van der Waals surface area contributed by atoms with E-state index in [1.54, 1.807) is 0 Å². The van der Waals surface area contributed by atoms with Gasteiger partial charge in [-0.15, -0.1) is 0 Å². The molecule has 1 aliphatic carbocycles. The third-order valence-corrected chi connectivity index (χ3v) is 2.04. The van der Waals surface area contributed by atoms with Crippen molar-refractivity contribution < 1.29 is 10.2 Å². The van der Waals surface area contributed by atoms with Gasteiger partial charge in [0.15, 0.2) is 0 Å². The normalized spacial score (nSPS) is 25.8. The minimum atomic E-state index is -0.488. The number of aliphatic hydroxyl groups is 2. The van der Waals surface area contributed by atoms with Crippen molar-refractivity contribution in [3.8, 4) is 0 Å². The molecule has 2 N–H and O–H groups in total. The molecule has 1 fully saturated rings. The Bertz CT molecular complexity index is 101. The van der Waals surface area contributed by atoms with Crippen LogP contribution in [0, 0.1) is 0 Å². The number of hydrogen-bond acceptors (Lipinski definition) is 2. The molecule has 0 aliphatic heterocycles. The molecule has 48 valence electrons. The predicted octanol–water partition coefficient (Wildman–Crippen LogP) is -0.149. The molecule has 1 unspecified atom stereocenters. The second-order valence-corrected chi connectivity index (χ2v) is 3.35. The number of aliphatic hydroxyl groups excluding tert-OH is 2. The summed E-state index contributed by atoms with van der Waals surface area (Å²) in [7, 11) is 0. The van der Waals surface area contributed by atoms with Crippen LogP contribution in [0.1, 0.15) is 19.3 Å². The van der Waals surface area contributed by atoms with E-state index >= 15 is 0 Å². The molecule has 0 aromatic heterocycles. The quantitative estimate of drug-likeness (QED) is 0.511. The van der Waals surface area contributed by atoms with Gasteiger partial charge in [-0.2, -0.15) is 0 Å². The first kappa shape index (κ1) is 7.62. The molecular formula is C6H11LiO2. The standard InChI is InChI=1S/C6H11O2.Li/c7-4-6(8)3-5-1-2-5;/h6-8H,1-4H2;. The molecule has 0 aromatic carbocycles. The topological polar surface area (TPSA) is 40.5 Å². The zero-order chi connectivity index (χ0) is 6.91. The molecule has 1 aliphatic rings. The van der Waals surface area contributed by atoms with Gasteiger partial charge in [-0.1, -0.05) is 0 Å². The summed E-state index contributed by atoms with van der Waals surface area (Å²) >= 11 is 2.14. The van der Waals surface area contributed by atoms with Gasteiger partial charge in [0.25, 0.3) is 0 Å². The summed E-state index contributed by atoms with van der Waals surface area (Å²) in [6.45, 7) is -0.0877. The van der Waals surface area contributed by atoms with E-state index in [9.17, 15) is 0 Å². The summed E-state index contributed by atoms with van der Waals surface area (Å²) in [4.78, 5) is 0. The van der Waals surface area contributed by atoms with Crippen molar-refractivity contribution in [2.45, 2.75) is 29.5 Å². The van der Waals surface area contributed by atoms with Crippen LogP contribution >= 0.6 is 0 Å². The van der Waals surface area contributed by atoms with E-state index in [4.69, 9.17) is 10.2 Å². The SMILES string of the molecule is [Li][C]1(CC(O)CO)CC1. The molecule has 0 saturated heterocycles. The summed E-state index contributed by atoms with van der Waals surface area (Å²) in [5, 5.41) is 17.5. The van der Waals surface area contributed by atoms with Crippen LogP contribution in [0.15, 0.2) is 0 Å². The summed E-state index contributed by atoms with van der Waals surface area (Å²) in [5.41, 5.74) is 0. The molecule has 2 nitrogen and oxygen atoms in total. The van der Waals surface area contributed by atoms with E-state index < -0.39 is 6.10 Å². The molecule has 0 heterocycles. The Morgan fingerprint density at radius 1 is 1.56 bits per heavy atom. The molecule has 9 heavy (non-hydrogen) atoms. The van der Waals surface area contributed by atoms with Gasteiger partial charge in [-0.05, 0) is 0 Å². The molecule has 0 spiro atoms. The van der Waals surface area contributed by atoms with Crippen molar-refractivity contribution in [3.63, 3.8) is 0 Å². The van der Waals surface area contributed by atoms with Gasteiger partial charge in [0.1, 0.15) is 0 Å². The van der Waals surface area contributed by atoms with E-state index in [0.29, 0.717) is 4.09 Å². The third kappa shape index (κ3) is 2.31. The van der Waals surface area contributed by atoms with Gasteiger partial charge >= 0.3 is 64.0 Å². The maximum atomic E-state index is 8.98. The van der Waals surface area contributed by atoms with Crippen LogP contribution in [-0.2, 0) is 0 Å². The Balaban J connectivity index is 2.17. The molecule has 0 bridgehead atoms. The van der Waals surface area contributed by atoms with E-state index in [1.807, 2.05) is 0 Å². The molecule has 1 saturated carbocycles. The van der Waals surface area contributed by atoms with E-state index in [1.165, 1.54) is 12.8 Å². The first-order chi connectivity index (χ1) is 4.16. The molecule has 3 heteroatoms. The van der Waals surface area contributed by atoms with Crippen molar-refractivity contribution in [1.29, 1.82) is 0 Å². The molecule has 0 radical (unpaired) electrons. The van der Waals surface area contributed by atoms with Crippen LogP contribution in [-0.4, -0.2) is 40.6 Å². The fraction of sp³-hybridized carbons (Fsp3) is 1.00. The zero-order valence-electron chi connectivity index (χ0n) is 5.80. The van der Waals surface area contributed by atoms with E-state index in [0.717, 1.165) is 6.42 Å². The molecule has 1 atom stereocenters. The Labute approximate surface area is 64.5 Å². The van der Waals surface area contributed by atoms with Gasteiger partial charge in [-0.3, -0.25) is 0 Å². The predicted molar refractivity (Wildman–Crippen MR) is 35.4 cm³/mol. The summed E-state index contributed by atoms with van der Waals surface area (Å²) in [6, 6.07) is 0. The fourth-order valence-corrected chi connectivity index (χ4v) is 1.05. The van der Waals surface area contributed by atoms with Crippen LogP contribution in [0.3, 0.4) is 0 Å². The summed E-state index contributed by atoms with van der Waals surface area (Å²) < 4.78 is 0.363. The second kappa shape index (κ2) is 2.63. The average molecular weight is 122 g/mol. The van der Waals surface area contributed by atoms with Gasteiger partial charge < -0.3 is 0 Å². The first-order valence-corrected chi connectivity index (χ1v) is 3.45. The molecular weight excluding hydrogens is 111 g/mol. The molecule has 1 rings (SSSR count). The van der Waals surface area contributed by atoms with Crippen LogP contribution in [0.4, 0.5) is 0 Å². The van der Waals surface area contributed by atoms with Gasteiger partial charge in [0.05, 0.1) is 0 Å². The minimum absolute atomic E-state index is 0.0877. The summed E-state index contributed by atoms with van der Waals surface area (Å²) in [6.07, 6.45) is 2.70. The first-order valence-electron chi connectivity index (χ1n) is 3.45. The average Bonchev–Trinajstić information content (AvgIpc) is 2.48. The Kier molecular flexibility index (Phi) is 2.23. The van der Waals surface area contributed by atoms with Crippen molar-refractivity contribution in [2.75, 3.05) is 6.61 Å². The Morgan fingerprint density at radius 3 is 2.44 bits per heavy atom. The van der Waals surface area contributed by atoms with Gasteiger partial charge in [0.2, 0.25) is 0 Å². The fourth-order valence-electron chi connectivity index (χ4n) is 1.05. The van der Waals surface area contributed by atoms with Crippen LogP contribution < -0.4 is 0 Å². The number of hydrogen-bond donors (Lipinski definition) is 2. The number of rotatable bonds is 3.